The molecule has 114 valence electrons. The van der Waals surface area contributed by atoms with Crippen molar-refractivity contribution in [2.45, 2.75) is 50.0 Å². The molecule has 4 nitrogen and oxygen atoms in total. The van der Waals surface area contributed by atoms with Crippen LogP contribution in [0.2, 0.25) is 0 Å². The molecule has 2 aliphatic rings. The molecule has 2 aliphatic carbocycles. The average Bonchev–Trinajstić information content (AvgIpc) is 2.47. The molecule has 0 aromatic heterocycles. The predicted molar refractivity (Wildman–Crippen MR) is 77.2 cm³/mol. The second-order valence-corrected chi connectivity index (χ2v) is 6.50. The molecule has 2 unspecified atom stereocenters. The van der Waals surface area contributed by atoms with Crippen LogP contribution in [0.25, 0.3) is 0 Å². The van der Waals surface area contributed by atoms with Crippen molar-refractivity contribution in [1.82, 2.24) is 0 Å². The van der Waals surface area contributed by atoms with E-state index < -0.39 is 10.7 Å². The Morgan fingerprint density at radius 2 is 2.05 bits per heavy atom. The van der Waals surface area contributed by atoms with Crippen LogP contribution in [-0.4, -0.2) is 16.4 Å². The molecular formula is C15H17ClFNO3. The first-order valence-corrected chi connectivity index (χ1v) is 7.71. The van der Waals surface area contributed by atoms with Crippen LogP contribution in [0.3, 0.4) is 0 Å². The molecule has 0 radical (unpaired) electrons. The Morgan fingerprint density at radius 3 is 2.67 bits per heavy atom. The number of hydrogen-bond donors (Lipinski definition) is 0. The number of ether oxygens (including phenoxy) is 1. The maximum atomic E-state index is 13.4. The Bertz CT molecular complexity index is 560. The van der Waals surface area contributed by atoms with Gasteiger partial charge >= 0.3 is 5.69 Å². The summed E-state index contributed by atoms with van der Waals surface area (Å²) in [6, 6.07) is 3.32. The van der Waals surface area contributed by atoms with E-state index in [2.05, 4.69) is 0 Å². The number of halogens is 2. The van der Waals surface area contributed by atoms with Crippen molar-refractivity contribution in [2.75, 3.05) is 0 Å². The molecule has 0 bridgehead atoms. The van der Waals surface area contributed by atoms with Crippen LogP contribution in [0.1, 0.15) is 38.5 Å². The van der Waals surface area contributed by atoms with Gasteiger partial charge in [0.05, 0.1) is 4.92 Å². The lowest BCUT2D eigenvalue weighted by molar-refractivity contribution is -0.386. The van der Waals surface area contributed by atoms with Crippen molar-refractivity contribution >= 4 is 17.3 Å². The fourth-order valence-electron chi connectivity index (χ4n) is 3.60. The average molecular weight is 314 g/mol. The highest BCUT2D eigenvalue weighted by Crippen LogP contribution is 2.56. The van der Waals surface area contributed by atoms with E-state index in [0.717, 1.165) is 43.9 Å². The lowest BCUT2D eigenvalue weighted by Crippen LogP contribution is -2.58. The van der Waals surface area contributed by atoms with Gasteiger partial charge in [0.1, 0.15) is 11.9 Å². The molecule has 1 aromatic carbocycles. The van der Waals surface area contributed by atoms with E-state index in [4.69, 9.17) is 16.3 Å². The quantitative estimate of drug-likeness (QED) is 0.471. The molecule has 21 heavy (non-hydrogen) atoms. The number of benzene rings is 1. The van der Waals surface area contributed by atoms with Crippen molar-refractivity contribution in [1.29, 1.82) is 0 Å². The number of nitrogens with zero attached hydrogens (tertiary/aromatic N) is 1. The zero-order valence-corrected chi connectivity index (χ0v) is 12.3. The summed E-state index contributed by atoms with van der Waals surface area (Å²) >= 11 is 6.39. The molecule has 2 atom stereocenters. The molecule has 1 aromatic rings. The summed E-state index contributed by atoms with van der Waals surface area (Å²) in [5.74, 6) is -0.520. The summed E-state index contributed by atoms with van der Waals surface area (Å²) < 4.78 is 19.2. The fraction of sp³-hybridized carbons (Fsp3) is 0.600. The molecule has 2 fully saturated rings. The Balaban J connectivity index is 1.84. The number of rotatable bonds is 3. The first kappa shape index (κ1) is 14.6. The lowest BCUT2D eigenvalue weighted by atomic mass is 9.58. The highest BCUT2D eigenvalue weighted by Gasteiger charge is 2.56. The minimum Gasteiger partial charge on any atom is -0.483 e. The molecular weight excluding hydrogens is 297 g/mol. The van der Waals surface area contributed by atoms with Gasteiger partial charge in [0, 0.05) is 29.3 Å². The Kier molecular flexibility index (Phi) is 3.78. The third-order valence-corrected chi connectivity index (χ3v) is 5.47. The molecule has 3 rings (SSSR count). The van der Waals surface area contributed by atoms with E-state index in [9.17, 15) is 14.5 Å². The summed E-state index contributed by atoms with van der Waals surface area (Å²) in [5.41, 5.74) is -0.291. The van der Waals surface area contributed by atoms with Crippen molar-refractivity contribution in [3.63, 3.8) is 0 Å². The van der Waals surface area contributed by atoms with E-state index in [0.29, 0.717) is 6.42 Å². The van der Waals surface area contributed by atoms with E-state index in [1.165, 1.54) is 6.42 Å². The van der Waals surface area contributed by atoms with Crippen LogP contribution in [0.4, 0.5) is 10.1 Å². The number of hydrogen-bond acceptors (Lipinski definition) is 3. The highest BCUT2D eigenvalue weighted by molar-refractivity contribution is 6.21. The van der Waals surface area contributed by atoms with E-state index in [-0.39, 0.29) is 28.3 Å². The van der Waals surface area contributed by atoms with Gasteiger partial charge in [0.15, 0.2) is 5.75 Å². The monoisotopic (exact) mass is 313 g/mol. The minimum absolute atomic E-state index is 0.0125. The SMILES string of the molecule is O=[N+]([O-])c1ccc(F)cc1OC1CC(Cl)C12CCCCC2. The van der Waals surface area contributed by atoms with Crippen molar-refractivity contribution in [3.8, 4) is 5.75 Å². The van der Waals surface area contributed by atoms with Gasteiger partial charge in [-0.2, -0.15) is 0 Å². The van der Waals surface area contributed by atoms with Gasteiger partial charge in [0.25, 0.3) is 0 Å². The van der Waals surface area contributed by atoms with Crippen LogP contribution in [0, 0.1) is 21.3 Å². The highest BCUT2D eigenvalue weighted by atomic mass is 35.5. The van der Waals surface area contributed by atoms with Crippen LogP contribution in [0.5, 0.6) is 5.75 Å². The largest absolute Gasteiger partial charge is 0.483 e. The zero-order chi connectivity index (χ0) is 15.0. The van der Waals surface area contributed by atoms with Crippen LogP contribution in [-0.2, 0) is 0 Å². The third-order valence-electron chi connectivity index (χ3n) is 4.86. The fourth-order valence-corrected chi connectivity index (χ4v) is 4.12. The zero-order valence-electron chi connectivity index (χ0n) is 11.6. The topological polar surface area (TPSA) is 52.4 Å². The Morgan fingerprint density at radius 1 is 1.33 bits per heavy atom. The van der Waals surface area contributed by atoms with Gasteiger partial charge in [-0.15, -0.1) is 11.6 Å². The molecule has 1 spiro atoms. The summed E-state index contributed by atoms with van der Waals surface area (Å²) in [7, 11) is 0. The first-order chi connectivity index (χ1) is 10.0. The summed E-state index contributed by atoms with van der Waals surface area (Å²) in [5, 5.41) is 11.1. The van der Waals surface area contributed by atoms with Crippen molar-refractivity contribution in [3.05, 3.63) is 34.1 Å². The van der Waals surface area contributed by atoms with Gasteiger partial charge in [-0.25, -0.2) is 4.39 Å². The number of alkyl halides is 1. The Hall–Kier alpha value is -1.36. The molecule has 0 N–H and O–H groups in total. The number of nitro groups is 1. The smallest absolute Gasteiger partial charge is 0.311 e. The molecule has 0 saturated heterocycles. The van der Waals surface area contributed by atoms with E-state index in [1.54, 1.807) is 0 Å². The van der Waals surface area contributed by atoms with Crippen molar-refractivity contribution < 1.29 is 14.1 Å². The van der Waals surface area contributed by atoms with Gasteiger partial charge < -0.3 is 4.74 Å². The maximum absolute atomic E-state index is 13.4. The molecule has 0 heterocycles. The lowest BCUT2D eigenvalue weighted by Gasteiger charge is -2.54. The third kappa shape index (κ3) is 2.48. The maximum Gasteiger partial charge on any atom is 0.311 e. The van der Waals surface area contributed by atoms with E-state index in [1.807, 2.05) is 0 Å². The van der Waals surface area contributed by atoms with Gasteiger partial charge in [-0.05, 0) is 18.9 Å². The van der Waals surface area contributed by atoms with Gasteiger partial charge in [-0.3, -0.25) is 10.1 Å². The molecule has 0 amide bonds. The summed E-state index contributed by atoms with van der Waals surface area (Å²) in [6.45, 7) is 0. The number of nitro benzene ring substituents is 1. The van der Waals surface area contributed by atoms with Gasteiger partial charge in [-0.1, -0.05) is 19.3 Å². The normalized spacial score (nSPS) is 27.1. The van der Waals surface area contributed by atoms with Crippen LogP contribution >= 0.6 is 11.6 Å². The second kappa shape index (κ2) is 5.44. The standard InChI is InChI=1S/C15H17ClFNO3/c16-13-9-14(15(13)6-2-1-3-7-15)21-12-8-10(17)4-5-11(12)18(19)20/h4-5,8,13-14H,1-3,6-7,9H2. The summed E-state index contributed by atoms with van der Waals surface area (Å²) in [4.78, 5) is 10.5. The molecule has 2 saturated carbocycles. The van der Waals surface area contributed by atoms with Gasteiger partial charge in [0.2, 0.25) is 0 Å². The van der Waals surface area contributed by atoms with Crippen molar-refractivity contribution in [2.24, 2.45) is 5.41 Å². The molecule has 0 aliphatic heterocycles. The first-order valence-electron chi connectivity index (χ1n) is 7.27. The van der Waals surface area contributed by atoms with Crippen LogP contribution in [0.15, 0.2) is 18.2 Å². The van der Waals surface area contributed by atoms with Crippen LogP contribution < -0.4 is 4.74 Å². The Labute approximate surface area is 127 Å². The molecule has 6 heteroatoms. The minimum atomic E-state index is -0.542. The predicted octanol–water partition coefficient (Wildman–Crippen LogP) is 4.44. The van der Waals surface area contributed by atoms with E-state index >= 15 is 0 Å². The second-order valence-electron chi connectivity index (χ2n) is 5.97. The summed E-state index contributed by atoms with van der Waals surface area (Å²) in [6.07, 6.45) is 5.88.